The monoisotopic (exact) mass is 567 g/mol. The molecule has 190 valence electrons. The van der Waals surface area contributed by atoms with Crippen LogP contribution in [0.4, 0.5) is 10.1 Å². The van der Waals surface area contributed by atoms with Gasteiger partial charge in [0.25, 0.3) is 5.91 Å². The number of rotatable bonds is 9. The number of amides is 1. The highest BCUT2D eigenvalue weighted by atomic mass is 79.9. The van der Waals surface area contributed by atoms with Crippen LogP contribution in [0.2, 0.25) is 0 Å². The molecule has 1 aromatic heterocycles. The zero-order chi connectivity index (χ0) is 26.2. The number of para-hydroxylation sites is 1. The fourth-order valence-corrected chi connectivity index (χ4v) is 4.22. The highest BCUT2D eigenvalue weighted by Gasteiger charge is 2.26. The topological polar surface area (TPSA) is 133 Å². The van der Waals surface area contributed by atoms with Crippen molar-refractivity contribution in [2.45, 2.75) is 18.8 Å². The number of hydrogen-bond acceptors (Lipinski definition) is 7. The quantitative estimate of drug-likeness (QED) is 0.0711. The van der Waals surface area contributed by atoms with Crippen LogP contribution in [0.15, 0.2) is 87.1 Å². The van der Waals surface area contributed by atoms with Crippen LogP contribution in [0.5, 0.6) is 5.75 Å². The summed E-state index contributed by atoms with van der Waals surface area (Å²) in [6, 6.07) is 20.1. The van der Waals surface area contributed by atoms with Crippen molar-refractivity contribution < 1.29 is 24.1 Å². The van der Waals surface area contributed by atoms with Gasteiger partial charge in [0.2, 0.25) is 5.84 Å². The van der Waals surface area contributed by atoms with E-state index in [1.54, 1.807) is 18.2 Å². The second-order valence-electron chi connectivity index (χ2n) is 8.08. The molecule has 1 heterocycles. The molecule has 4 N–H and O–H groups in total. The van der Waals surface area contributed by atoms with Gasteiger partial charge in [0.05, 0.1) is 10.0 Å². The number of phenolic OH excluding ortho intramolecular Hbond substituents is 1. The summed E-state index contributed by atoms with van der Waals surface area (Å²) < 4.78 is 18.9. The number of aromatic nitrogens is 2. The average molecular weight is 568 g/mol. The van der Waals surface area contributed by atoms with E-state index in [4.69, 9.17) is 4.63 Å². The van der Waals surface area contributed by atoms with Crippen molar-refractivity contribution in [2.75, 3.05) is 11.9 Å². The maximum atomic E-state index is 13.6. The third kappa shape index (κ3) is 6.31. The predicted molar refractivity (Wildman–Crippen MR) is 138 cm³/mol. The van der Waals surface area contributed by atoms with Crippen LogP contribution in [0.3, 0.4) is 0 Å². The summed E-state index contributed by atoms with van der Waals surface area (Å²) in [4.78, 5) is 12.4. The maximum absolute atomic E-state index is 13.6. The van der Waals surface area contributed by atoms with Crippen molar-refractivity contribution in [3.8, 4) is 5.75 Å². The summed E-state index contributed by atoms with van der Waals surface area (Å²) in [5.74, 6) is -1.22. The van der Waals surface area contributed by atoms with Crippen molar-refractivity contribution in [2.24, 2.45) is 5.16 Å². The van der Waals surface area contributed by atoms with Crippen molar-refractivity contribution in [1.82, 2.24) is 15.6 Å². The number of aromatic hydroxyl groups is 1. The lowest BCUT2D eigenvalue weighted by Gasteiger charge is -2.17. The minimum Gasteiger partial charge on any atom is -0.507 e. The summed E-state index contributed by atoms with van der Waals surface area (Å²) >= 11 is 3.13. The Morgan fingerprint density at radius 1 is 1.08 bits per heavy atom. The Hall–Kier alpha value is -4.25. The Morgan fingerprint density at radius 3 is 2.57 bits per heavy atom. The molecule has 0 aliphatic heterocycles. The van der Waals surface area contributed by atoms with Crippen LogP contribution in [0.1, 0.15) is 46.1 Å². The van der Waals surface area contributed by atoms with Crippen molar-refractivity contribution in [3.63, 3.8) is 0 Å². The van der Waals surface area contributed by atoms with E-state index in [1.807, 2.05) is 30.3 Å². The molecule has 37 heavy (non-hydrogen) atoms. The molecule has 11 heteroatoms. The molecule has 4 aromatic rings. The molecule has 0 bridgehead atoms. The van der Waals surface area contributed by atoms with Crippen LogP contribution < -0.4 is 10.6 Å². The molecule has 0 fully saturated rings. The summed E-state index contributed by atoms with van der Waals surface area (Å²) in [5.41, 5.74) is 2.20. The van der Waals surface area contributed by atoms with Crippen LogP contribution >= 0.6 is 15.9 Å². The second kappa shape index (κ2) is 12.1. The Balaban J connectivity index is 1.51. The molecule has 0 aliphatic rings. The highest BCUT2D eigenvalue weighted by Crippen LogP contribution is 2.30. The van der Waals surface area contributed by atoms with Gasteiger partial charge in [-0.05, 0) is 69.8 Å². The van der Waals surface area contributed by atoms with Crippen molar-refractivity contribution >= 4 is 33.4 Å². The minimum atomic E-state index is -0.435. The van der Waals surface area contributed by atoms with E-state index in [2.05, 4.69) is 42.0 Å². The van der Waals surface area contributed by atoms with Gasteiger partial charge < -0.3 is 20.9 Å². The number of carbonyl (C=O) groups excluding carboxylic acids is 1. The van der Waals surface area contributed by atoms with Gasteiger partial charge in [-0.3, -0.25) is 4.79 Å². The van der Waals surface area contributed by atoms with Gasteiger partial charge >= 0.3 is 0 Å². The van der Waals surface area contributed by atoms with E-state index < -0.39 is 5.82 Å². The fraction of sp³-hybridized carbons (Fsp3) is 0.154. The first-order valence-corrected chi connectivity index (χ1v) is 12.1. The van der Waals surface area contributed by atoms with E-state index in [0.29, 0.717) is 30.8 Å². The van der Waals surface area contributed by atoms with Crippen molar-refractivity contribution in [3.05, 3.63) is 106 Å². The standard InChI is InChI=1S/C26H23BrFN5O4/c27-20-15-17(12-13-21(20)28)30-25(31-36)24-23(32-37-33-24)18(16-7-2-1-3-8-16)10-6-14-29-26(35)19-9-4-5-11-22(19)34/h1-5,7-9,11-13,15,18,34,36H,6,10,14H2,(H,29,35)(H,30,31). The smallest absolute Gasteiger partial charge is 0.255 e. The van der Waals surface area contributed by atoms with Crippen LogP contribution in [-0.4, -0.2) is 38.9 Å². The zero-order valence-electron chi connectivity index (χ0n) is 19.4. The van der Waals surface area contributed by atoms with Crippen LogP contribution in [0, 0.1) is 5.82 Å². The number of anilines is 1. The number of oxime groups is 1. The maximum Gasteiger partial charge on any atom is 0.255 e. The van der Waals surface area contributed by atoms with E-state index >= 15 is 0 Å². The number of hydrogen-bond donors (Lipinski definition) is 4. The lowest BCUT2D eigenvalue weighted by molar-refractivity contribution is 0.0950. The summed E-state index contributed by atoms with van der Waals surface area (Å²) in [5, 5.41) is 36.7. The minimum absolute atomic E-state index is 0.0245. The normalized spacial score (nSPS) is 12.2. The molecule has 0 aliphatic carbocycles. The van der Waals surface area contributed by atoms with E-state index in [0.717, 1.165) is 5.56 Å². The Labute approximate surface area is 220 Å². The number of phenols is 1. The van der Waals surface area contributed by atoms with Gasteiger partial charge in [-0.1, -0.05) is 52.8 Å². The number of nitrogens with one attached hydrogen (secondary N) is 2. The van der Waals surface area contributed by atoms with Gasteiger partial charge in [-0.15, -0.1) is 0 Å². The largest absolute Gasteiger partial charge is 0.507 e. The first-order chi connectivity index (χ1) is 18.0. The molecule has 0 saturated heterocycles. The summed E-state index contributed by atoms with van der Waals surface area (Å²) in [6.45, 7) is 0.347. The highest BCUT2D eigenvalue weighted by molar-refractivity contribution is 9.10. The molecule has 1 amide bonds. The molecular formula is C26H23BrFN5O4. The summed E-state index contributed by atoms with van der Waals surface area (Å²) in [7, 11) is 0. The zero-order valence-corrected chi connectivity index (χ0v) is 21.0. The average Bonchev–Trinajstić information content (AvgIpc) is 3.39. The third-order valence-corrected chi connectivity index (χ3v) is 6.26. The molecule has 0 radical (unpaired) electrons. The van der Waals surface area contributed by atoms with Gasteiger partial charge in [0, 0.05) is 18.2 Å². The van der Waals surface area contributed by atoms with E-state index in [1.165, 1.54) is 24.3 Å². The van der Waals surface area contributed by atoms with Gasteiger partial charge in [0.1, 0.15) is 17.3 Å². The van der Waals surface area contributed by atoms with Crippen LogP contribution in [0.25, 0.3) is 0 Å². The first kappa shape index (κ1) is 25.8. The molecule has 0 spiro atoms. The second-order valence-corrected chi connectivity index (χ2v) is 8.93. The molecule has 4 rings (SSSR count). The van der Waals surface area contributed by atoms with Gasteiger partial charge in [-0.25, -0.2) is 9.02 Å². The molecule has 3 aromatic carbocycles. The fourth-order valence-electron chi connectivity index (χ4n) is 3.85. The lowest BCUT2D eigenvalue weighted by Crippen LogP contribution is -2.25. The van der Waals surface area contributed by atoms with E-state index in [-0.39, 0.29) is 39.1 Å². The SMILES string of the molecule is O=C(NCCCC(c1ccccc1)c1nonc1C(=NO)Nc1ccc(F)c(Br)c1)c1ccccc1O. The number of benzene rings is 3. The Bertz CT molecular complexity index is 1400. The van der Waals surface area contributed by atoms with Crippen molar-refractivity contribution in [1.29, 1.82) is 0 Å². The number of carbonyl (C=O) groups is 1. The van der Waals surface area contributed by atoms with Gasteiger partial charge in [-0.2, -0.15) is 0 Å². The number of halogens is 2. The third-order valence-electron chi connectivity index (χ3n) is 5.66. The van der Waals surface area contributed by atoms with E-state index in [9.17, 15) is 19.5 Å². The Morgan fingerprint density at radius 2 is 1.84 bits per heavy atom. The summed E-state index contributed by atoms with van der Waals surface area (Å²) in [6.07, 6.45) is 1.11. The molecule has 1 unspecified atom stereocenters. The van der Waals surface area contributed by atoms with Crippen LogP contribution in [-0.2, 0) is 0 Å². The Kier molecular flexibility index (Phi) is 8.47. The number of nitrogens with zero attached hydrogens (tertiary/aromatic N) is 3. The predicted octanol–water partition coefficient (Wildman–Crippen LogP) is 5.27. The number of amidine groups is 1. The first-order valence-electron chi connectivity index (χ1n) is 11.4. The molecule has 1 atom stereocenters. The van der Waals surface area contributed by atoms with Gasteiger partial charge in [0.15, 0.2) is 5.69 Å². The lowest BCUT2D eigenvalue weighted by atomic mass is 9.90. The molecule has 9 nitrogen and oxygen atoms in total. The molecule has 0 saturated carbocycles. The molecular weight excluding hydrogens is 545 g/mol.